The molecule has 0 aliphatic heterocycles. The second kappa shape index (κ2) is 5.67. The minimum atomic E-state index is -0.123. The van der Waals surface area contributed by atoms with Crippen molar-refractivity contribution in [3.05, 3.63) is 62.5 Å². The molecular formula is C14H11Br2NO. The number of carbonyl (C=O) groups is 1. The van der Waals surface area contributed by atoms with E-state index in [-0.39, 0.29) is 5.91 Å². The number of benzene rings is 2. The van der Waals surface area contributed by atoms with Crippen LogP contribution in [0.5, 0.6) is 0 Å². The summed E-state index contributed by atoms with van der Waals surface area (Å²) in [6.45, 7) is 1.99. The maximum atomic E-state index is 12.1. The zero-order valence-corrected chi connectivity index (χ0v) is 12.9. The number of carbonyl (C=O) groups excluding carboxylic acids is 1. The molecule has 0 aliphatic carbocycles. The molecule has 1 amide bonds. The number of hydrogen-bond donors (Lipinski definition) is 1. The molecule has 1 N–H and O–H groups in total. The summed E-state index contributed by atoms with van der Waals surface area (Å²) in [5.74, 6) is -0.123. The van der Waals surface area contributed by atoms with Gasteiger partial charge in [0.2, 0.25) is 0 Å². The van der Waals surface area contributed by atoms with E-state index in [2.05, 4.69) is 37.2 Å². The second-order valence-electron chi connectivity index (χ2n) is 3.95. The van der Waals surface area contributed by atoms with Crippen LogP contribution in [0.25, 0.3) is 0 Å². The highest BCUT2D eigenvalue weighted by Crippen LogP contribution is 2.24. The summed E-state index contributed by atoms with van der Waals surface area (Å²) in [7, 11) is 0. The number of halogens is 2. The van der Waals surface area contributed by atoms with E-state index in [1.54, 1.807) is 12.1 Å². The molecule has 18 heavy (non-hydrogen) atoms. The number of amides is 1. The van der Waals surface area contributed by atoms with Crippen LogP contribution in [0.4, 0.5) is 5.69 Å². The van der Waals surface area contributed by atoms with Gasteiger partial charge in [0.15, 0.2) is 0 Å². The Morgan fingerprint density at radius 1 is 1.11 bits per heavy atom. The van der Waals surface area contributed by atoms with Gasteiger partial charge >= 0.3 is 0 Å². The van der Waals surface area contributed by atoms with Gasteiger partial charge in [-0.05, 0) is 58.7 Å². The van der Waals surface area contributed by atoms with Crippen molar-refractivity contribution in [3.8, 4) is 0 Å². The summed E-state index contributed by atoms with van der Waals surface area (Å²) < 4.78 is 1.76. The van der Waals surface area contributed by atoms with Gasteiger partial charge in [0.25, 0.3) is 5.91 Å². The Morgan fingerprint density at radius 2 is 1.89 bits per heavy atom. The Kier molecular flexibility index (Phi) is 4.19. The Labute approximate surface area is 123 Å². The van der Waals surface area contributed by atoms with Gasteiger partial charge in [0, 0.05) is 14.5 Å². The molecule has 0 radical (unpaired) electrons. The van der Waals surface area contributed by atoms with Gasteiger partial charge in [-0.25, -0.2) is 0 Å². The van der Waals surface area contributed by atoms with E-state index in [1.165, 1.54) is 0 Å². The molecule has 2 rings (SSSR count). The van der Waals surface area contributed by atoms with E-state index in [0.29, 0.717) is 5.56 Å². The number of nitrogens with one attached hydrogen (secondary N) is 1. The highest BCUT2D eigenvalue weighted by atomic mass is 79.9. The van der Waals surface area contributed by atoms with Crippen LogP contribution in [0.1, 0.15) is 15.9 Å². The van der Waals surface area contributed by atoms with Gasteiger partial charge in [0.1, 0.15) is 0 Å². The largest absolute Gasteiger partial charge is 0.321 e. The standard InChI is InChI=1S/C14H11Br2NO/c1-9-5-6-12(16)13(7-9)17-14(18)10-3-2-4-11(15)8-10/h2-8H,1H3,(H,17,18). The monoisotopic (exact) mass is 367 g/mol. The Bertz CT molecular complexity index is 596. The third-order valence-corrected chi connectivity index (χ3v) is 3.64. The van der Waals surface area contributed by atoms with Gasteiger partial charge in [-0.15, -0.1) is 0 Å². The Balaban J connectivity index is 2.24. The molecule has 0 aromatic heterocycles. The van der Waals surface area contributed by atoms with Gasteiger partial charge < -0.3 is 5.32 Å². The molecule has 0 unspecified atom stereocenters. The van der Waals surface area contributed by atoms with Crippen molar-refractivity contribution in [1.82, 2.24) is 0 Å². The maximum Gasteiger partial charge on any atom is 0.255 e. The number of anilines is 1. The van der Waals surface area contributed by atoms with Crippen LogP contribution in [0.3, 0.4) is 0 Å². The van der Waals surface area contributed by atoms with E-state index in [4.69, 9.17) is 0 Å². The average Bonchev–Trinajstić information content (AvgIpc) is 2.34. The molecule has 0 saturated carbocycles. The highest BCUT2D eigenvalue weighted by Gasteiger charge is 2.08. The maximum absolute atomic E-state index is 12.1. The van der Waals surface area contributed by atoms with Crippen molar-refractivity contribution in [2.75, 3.05) is 5.32 Å². The molecular weight excluding hydrogens is 358 g/mol. The predicted octanol–water partition coefficient (Wildman–Crippen LogP) is 4.77. The SMILES string of the molecule is Cc1ccc(Br)c(NC(=O)c2cccc(Br)c2)c1. The molecule has 0 spiro atoms. The van der Waals surface area contributed by atoms with Crippen molar-refractivity contribution >= 4 is 43.5 Å². The van der Waals surface area contributed by atoms with E-state index in [0.717, 1.165) is 20.2 Å². The van der Waals surface area contributed by atoms with E-state index in [9.17, 15) is 4.79 Å². The molecule has 2 aromatic rings. The van der Waals surface area contributed by atoms with Crippen LogP contribution in [0.2, 0.25) is 0 Å². The minimum Gasteiger partial charge on any atom is -0.321 e. The first-order chi connectivity index (χ1) is 8.56. The quantitative estimate of drug-likeness (QED) is 0.812. The normalized spacial score (nSPS) is 10.2. The fraction of sp³-hybridized carbons (Fsp3) is 0.0714. The van der Waals surface area contributed by atoms with Crippen molar-refractivity contribution in [3.63, 3.8) is 0 Å². The lowest BCUT2D eigenvalue weighted by Crippen LogP contribution is -2.12. The van der Waals surface area contributed by atoms with Crippen LogP contribution in [-0.2, 0) is 0 Å². The molecule has 4 heteroatoms. The summed E-state index contributed by atoms with van der Waals surface area (Å²) >= 11 is 6.77. The van der Waals surface area contributed by atoms with E-state index >= 15 is 0 Å². The van der Waals surface area contributed by atoms with Crippen LogP contribution in [0.15, 0.2) is 51.4 Å². The predicted molar refractivity (Wildman–Crippen MR) is 81.0 cm³/mol. The third-order valence-electron chi connectivity index (χ3n) is 2.46. The topological polar surface area (TPSA) is 29.1 Å². The second-order valence-corrected chi connectivity index (χ2v) is 5.72. The highest BCUT2D eigenvalue weighted by molar-refractivity contribution is 9.10. The van der Waals surface area contributed by atoms with Crippen molar-refractivity contribution in [2.45, 2.75) is 6.92 Å². The molecule has 0 atom stereocenters. The number of hydrogen-bond acceptors (Lipinski definition) is 1. The summed E-state index contributed by atoms with van der Waals surface area (Å²) in [6.07, 6.45) is 0. The molecule has 0 saturated heterocycles. The first-order valence-electron chi connectivity index (χ1n) is 5.39. The summed E-state index contributed by atoms with van der Waals surface area (Å²) in [6, 6.07) is 13.1. The van der Waals surface area contributed by atoms with Crippen LogP contribution in [-0.4, -0.2) is 5.91 Å². The lowest BCUT2D eigenvalue weighted by Gasteiger charge is -2.08. The summed E-state index contributed by atoms with van der Waals surface area (Å²) in [4.78, 5) is 12.1. The van der Waals surface area contributed by atoms with Crippen molar-refractivity contribution < 1.29 is 4.79 Å². The molecule has 92 valence electrons. The average molecular weight is 369 g/mol. The smallest absolute Gasteiger partial charge is 0.255 e. The van der Waals surface area contributed by atoms with Gasteiger partial charge in [0.05, 0.1) is 5.69 Å². The Morgan fingerprint density at radius 3 is 2.61 bits per heavy atom. The minimum absolute atomic E-state index is 0.123. The summed E-state index contributed by atoms with van der Waals surface area (Å²) in [5, 5.41) is 2.89. The molecule has 0 heterocycles. The first-order valence-corrected chi connectivity index (χ1v) is 6.98. The van der Waals surface area contributed by atoms with Gasteiger partial charge in [-0.1, -0.05) is 28.1 Å². The lowest BCUT2D eigenvalue weighted by molar-refractivity contribution is 0.102. The van der Waals surface area contributed by atoms with Crippen LogP contribution in [0, 0.1) is 6.92 Å². The van der Waals surface area contributed by atoms with Crippen LogP contribution < -0.4 is 5.32 Å². The molecule has 2 aromatic carbocycles. The fourth-order valence-electron chi connectivity index (χ4n) is 1.56. The van der Waals surface area contributed by atoms with Gasteiger partial charge in [-0.2, -0.15) is 0 Å². The summed E-state index contributed by atoms with van der Waals surface area (Å²) in [5.41, 5.74) is 2.50. The molecule has 0 bridgehead atoms. The van der Waals surface area contributed by atoms with E-state index in [1.807, 2.05) is 37.3 Å². The zero-order chi connectivity index (χ0) is 13.1. The van der Waals surface area contributed by atoms with Gasteiger partial charge in [-0.3, -0.25) is 4.79 Å². The number of rotatable bonds is 2. The molecule has 2 nitrogen and oxygen atoms in total. The molecule has 0 aliphatic rings. The number of aryl methyl sites for hydroxylation is 1. The third kappa shape index (κ3) is 3.21. The van der Waals surface area contributed by atoms with Crippen molar-refractivity contribution in [2.24, 2.45) is 0 Å². The van der Waals surface area contributed by atoms with Crippen LogP contribution >= 0.6 is 31.9 Å². The fourth-order valence-corrected chi connectivity index (χ4v) is 2.30. The van der Waals surface area contributed by atoms with E-state index < -0.39 is 0 Å². The first kappa shape index (κ1) is 13.3. The Hall–Kier alpha value is -1.13. The zero-order valence-electron chi connectivity index (χ0n) is 9.71. The lowest BCUT2D eigenvalue weighted by atomic mass is 10.2. The van der Waals surface area contributed by atoms with Crippen molar-refractivity contribution in [1.29, 1.82) is 0 Å². The molecule has 0 fully saturated rings.